The SMILES string of the molecule is CN1O[C@H]2C(=O)N(CCS(=O)(=O)c3ccccc3)C(=O)[C@H]2[C@@]12C1C=CCC2c2ccccc2C1. The van der Waals surface area contributed by atoms with Gasteiger partial charge in [0.05, 0.1) is 22.1 Å². The van der Waals surface area contributed by atoms with Crippen LogP contribution in [0.3, 0.4) is 0 Å². The summed E-state index contributed by atoms with van der Waals surface area (Å²) in [5, 5.41) is 1.77. The van der Waals surface area contributed by atoms with Gasteiger partial charge in [-0.1, -0.05) is 54.6 Å². The molecule has 2 aliphatic carbocycles. The Morgan fingerprint density at radius 1 is 1.03 bits per heavy atom. The number of hydrogen-bond donors (Lipinski definition) is 0. The first-order valence-electron chi connectivity index (χ1n) is 11.6. The molecule has 2 aliphatic heterocycles. The molecule has 0 aromatic heterocycles. The molecule has 2 bridgehead atoms. The molecule has 2 amide bonds. The molecule has 176 valence electrons. The van der Waals surface area contributed by atoms with Gasteiger partial charge in [0, 0.05) is 25.4 Å². The quantitative estimate of drug-likeness (QED) is 0.496. The minimum absolute atomic E-state index is 0.0113. The van der Waals surface area contributed by atoms with Crippen LogP contribution in [0.15, 0.2) is 71.6 Å². The smallest absolute Gasteiger partial charge is 0.261 e. The Kier molecular flexibility index (Phi) is 4.85. The van der Waals surface area contributed by atoms with Crippen molar-refractivity contribution in [3.05, 3.63) is 77.9 Å². The summed E-state index contributed by atoms with van der Waals surface area (Å²) in [5.41, 5.74) is 1.80. The summed E-state index contributed by atoms with van der Waals surface area (Å²) in [6, 6.07) is 16.4. The molecule has 5 atom stereocenters. The van der Waals surface area contributed by atoms with E-state index >= 15 is 0 Å². The minimum Gasteiger partial charge on any atom is -0.284 e. The number of benzene rings is 2. The number of likely N-dealkylation sites (tertiary alicyclic amines) is 1. The molecule has 8 heteroatoms. The third-order valence-electron chi connectivity index (χ3n) is 8.11. The van der Waals surface area contributed by atoms with Crippen molar-refractivity contribution in [3.63, 3.8) is 0 Å². The van der Waals surface area contributed by atoms with Gasteiger partial charge in [0.15, 0.2) is 15.9 Å². The van der Waals surface area contributed by atoms with Crippen LogP contribution < -0.4 is 0 Å². The van der Waals surface area contributed by atoms with E-state index in [4.69, 9.17) is 4.84 Å². The van der Waals surface area contributed by atoms with Crippen LogP contribution in [-0.2, 0) is 30.7 Å². The third-order valence-corrected chi connectivity index (χ3v) is 9.82. The van der Waals surface area contributed by atoms with Crippen molar-refractivity contribution in [1.82, 2.24) is 9.96 Å². The van der Waals surface area contributed by atoms with Crippen molar-refractivity contribution in [2.24, 2.45) is 11.8 Å². The molecule has 7 nitrogen and oxygen atoms in total. The van der Waals surface area contributed by atoms with Crippen LogP contribution in [-0.4, -0.2) is 61.2 Å². The molecule has 2 fully saturated rings. The fraction of sp³-hybridized carbons (Fsp3) is 0.385. The van der Waals surface area contributed by atoms with E-state index in [-0.39, 0.29) is 34.9 Å². The molecule has 34 heavy (non-hydrogen) atoms. The highest BCUT2D eigenvalue weighted by Crippen LogP contribution is 2.60. The summed E-state index contributed by atoms with van der Waals surface area (Å²) >= 11 is 0. The first-order chi connectivity index (χ1) is 16.4. The number of carbonyl (C=O) groups excluding carboxylic acids is 2. The van der Waals surface area contributed by atoms with Crippen LogP contribution in [0.1, 0.15) is 23.5 Å². The molecule has 2 unspecified atom stereocenters. The minimum atomic E-state index is -3.63. The number of rotatable bonds is 4. The summed E-state index contributed by atoms with van der Waals surface area (Å²) in [6.07, 6.45) is 4.94. The number of nitrogens with zero attached hydrogens (tertiary/aromatic N) is 2. The third kappa shape index (κ3) is 2.85. The largest absolute Gasteiger partial charge is 0.284 e. The zero-order valence-electron chi connectivity index (χ0n) is 18.8. The van der Waals surface area contributed by atoms with Crippen LogP contribution in [0.5, 0.6) is 0 Å². The Morgan fingerprint density at radius 2 is 1.76 bits per heavy atom. The fourth-order valence-electron chi connectivity index (χ4n) is 6.67. The molecular formula is C26H26N2O5S. The van der Waals surface area contributed by atoms with Crippen LogP contribution in [0.2, 0.25) is 0 Å². The predicted octanol–water partition coefficient (Wildman–Crippen LogP) is 2.35. The average Bonchev–Trinajstić information content (AvgIpc) is 3.25. The van der Waals surface area contributed by atoms with Gasteiger partial charge in [-0.05, 0) is 36.1 Å². The molecule has 0 saturated carbocycles. The van der Waals surface area contributed by atoms with E-state index in [1.54, 1.807) is 23.3 Å². The number of imide groups is 1. The summed E-state index contributed by atoms with van der Waals surface area (Å²) in [4.78, 5) is 34.5. The van der Waals surface area contributed by atoms with Crippen LogP contribution in [0, 0.1) is 11.8 Å². The van der Waals surface area contributed by atoms with E-state index in [1.165, 1.54) is 23.3 Å². The summed E-state index contributed by atoms with van der Waals surface area (Å²) in [6.45, 7) is -0.174. The second-order valence-corrected chi connectivity index (χ2v) is 11.7. The van der Waals surface area contributed by atoms with E-state index < -0.39 is 33.3 Å². The number of likely N-dealkylation sites (N-methyl/N-ethyl adjacent to an activating group) is 1. The molecule has 2 aromatic rings. The maximum Gasteiger partial charge on any atom is 0.261 e. The maximum absolute atomic E-state index is 13.8. The Balaban J connectivity index is 1.34. The molecule has 0 N–H and O–H groups in total. The summed E-state index contributed by atoms with van der Waals surface area (Å²) < 4.78 is 25.6. The lowest BCUT2D eigenvalue weighted by Crippen LogP contribution is -2.61. The molecular weight excluding hydrogens is 452 g/mol. The van der Waals surface area contributed by atoms with Gasteiger partial charge < -0.3 is 0 Å². The number of hydroxylamine groups is 2. The number of carbonyl (C=O) groups is 2. The van der Waals surface area contributed by atoms with Gasteiger partial charge in [-0.15, -0.1) is 0 Å². The number of amides is 2. The average molecular weight is 479 g/mol. The number of allylic oxidation sites excluding steroid dienone is 1. The zero-order chi connectivity index (χ0) is 23.7. The van der Waals surface area contributed by atoms with E-state index in [1.807, 2.05) is 19.2 Å². The second-order valence-electron chi connectivity index (χ2n) is 9.57. The Morgan fingerprint density at radius 3 is 2.56 bits per heavy atom. The van der Waals surface area contributed by atoms with Crippen LogP contribution in [0.4, 0.5) is 0 Å². The lowest BCUT2D eigenvalue weighted by molar-refractivity contribution is -0.196. The van der Waals surface area contributed by atoms with Gasteiger partial charge in [0.25, 0.3) is 5.91 Å². The number of sulfone groups is 1. The Hall–Kier alpha value is -2.81. The predicted molar refractivity (Wildman–Crippen MR) is 124 cm³/mol. The van der Waals surface area contributed by atoms with Crippen LogP contribution >= 0.6 is 0 Å². The second kappa shape index (κ2) is 7.60. The first kappa shape index (κ1) is 21.7. The van der Waals surface area contributed by atoms with Crippen molar-refractivity contribution in [1.29, 1.82) is 0 Å². The van der Waals surface area contributed by atoms with Gasteiger partial charge >= 0.3 is 0 Å². The molecule has 2 heterocycles. The van der Waals surface area contributed by atoms with Gasteiger partial charge in [-0.25, -0.2) is 8.42 Å². The van der Waals surface area contributed by atoms with E-state index in [2.05, 4.69) is 24.3 Å². The number of fused-ring (bicyclic) bond motifs is 3. The molecule has 2 saturated heterocycles. The van der Waals surface area contributed by atoms with E-state index in [0.29, 0.717) is 0 Å². The molecule has 1 spiro atoms. The normalized spacial score (nSPS) is 32.3. The van der Waals surface area contributed by atoms with Gasteiger partial charge in [-0.3, -0.25) is 19.3 Å². The first-order valence-corrected chi connectivity index (χ1v) is 13.3. The molecule has 0 radical (unpaired) electrons. The monoisotopic (exact) mass is 478 g/mol. The van der Waals surface area contributed by atoms with Crippen molar-refractivity contribution in [2.75, 3.05) is 19.3 Å². The van der Waals surface area contributed by atoms with Crippen molar-refractivity contribution < 1.29 is 22.8 Å². The molecule has 6 rings (SSSR count). The molecule has 4 aliphatic rings. The topological polar surface area (TPSA) is 84.0 Å². The maximum atomic E-state index is 13.8. The van der Waals surface area contributed by atoms with Gasteiger partial charge in [0.1, 0.15) is 0 Å². The summed E-state index contributed by atoms with van der Waals surface area (Å²) in [5.74, 6) is -1.72. The molecule has 2 aromatic carbocycles. The fourth-order valence-corrected chi connectivity index (χ4v) is 7.90. The van der Waals surface area contributed by atoms with Crippen molar-refractivity contribution >= 4 is 21.7 Å². The highest BCUT2D eigenvalue weighted by atomic mass is 32.2. The lowest BCUT2D eigenvalue weighted by Gasteiger charge is -2.53. The van der Waals surface area contributed by atoms with Gasteiger partial charge in [-0.2, -0.15) is 5.06 Å². The van der Waals surface area contributed by atoms with Gasteiger partial charge in [0.2, 0.25) is 5.91 Å². The Labute approximate surface area is 198 Å². The standard InChI is InChI=1S/C26H26N2O5S/c1-27-26(18-9-7-13-21(26)20-12-6-5-8-17(20)16-18)22-23(33-27)25(30)28(24(22)29)14-15-34(31,32)19-10-3-2-4-11-19/h2-12,18,21-23H,13-16H2,1H3/t18?,21?,22-,23+,26-/m0/s1. The lowest BCUT2D eigenvalue weighted by atomic mass is 9.55. The zero-order valence-corrected chi connectivity index (χ0v) is 19.6. The van der Waals surface area contributed by atoms with E-state index in [9.17, 15) is 18.0 Å². The number of hydrogen-bond acceptors (Lipinski definition) is 6. The van der Waals surface area contributed by atoms with Crippen molar-refractivity contribution in [3.8, 4) is 0 Å². The van der Waals surface area contributed by atoms with Crippen LogP contribution in [0.25, 0.3) is 0 Å². The highest BCUT2D eigenvalue weighted by molar-refractivity contribution is 7.91. The highest BCUT2D eigenvalue weighted by Gasteiger charge is 2.71. The van der Waals surface area contributed by atoms with Crippen molar-refractivity contribution in [2.45, 2.75) is 35.3 Å². The Bertz CT molecular complexity index is 1310. The van der Waals surface area contributed by atoms with E-state index in [0.717, 1.165) is 17.7 Å². The summed E-state index contributed by atoms with van der Waals surface area (Å²) in [7, 11) is -1.80.